The molecule has 1 aromatic rings. The minimum atomic E-state index is -0.632. The lowest BCUT2D eigenvalue weighted by atomic mass is 10.1. The third-order valence-corrected chi connectivity index (χ3v) is 2.42. The predicted molar refractivity (Wildman–Crippen MR) is 56.4 cm³/mol. The minimum Gasteiger partial charge on any atom is -0.338 e. The highest BCUT2D eigenvalue weighted by Crippen LogP contribution is 2.07. The van der Waals surface area contributed by atoms with Crippen LogP contribution in [0.5, 0.6) is 0 Å². The molecule has 1 aromatic carbocycles. The zero-order valence-electron chi connectivity index (χ0n) is 8.77. The monoisotopic (exact) mass is 220 g/mol. The van der Waals surface area contributed by atoms with E-state index in [9.17, 15) is 9.59 Å². The molecule has 0 radical (unpaired) electrons. The van der Waals surface area contributed by atoms with Crippen molar-refractivity contribution < 1.29 is 14.4 Å². The minimum absolute atomic E-state index is 0.280. The fourth-order valence-electron chi connectivity index (χ4n) is 1.49. The Balaban J connectivity index is 2.05. The molecule has 2 amide bonds. The Kier molecular flexibility index (Phi) is 2.87. The number of hydroxylamine groups is 1. The summed E-state index contributed by atoms with van der Waals surface area (Å²) in [5.74, 6) is -0.602. The molecule has 2 unspecified atom stereocenters. The van der Waals surface area contributed by atoms with Crippen molar-refractivity contribution in [2.75, 3.05) is 0 Å². The van der Waals surface area contributed by atoms with E-state index in [4.69, 9.17) is 4.84 Å². The molecule has 2 N–H and O–H groups in total. The maximum Gasteiger partial charge on any atom is 0.268 e. The second kappa shape index (κ2) is 4.32. The first-order chi connectivity index (χ1) is 7.68. The van der Waals surface area contributed by atoms with Gasteiger partial charge in [0.2, 0.25) is 0 Å². The summed E-state index contributed by atoms with van der Waals surface area (Å²) in [5, 5.41) is 2.62. The van der Waals surface area contributed by atoms with Gasteiger partial charge in [-0.05, 0) is 19.1 Å². The van der Waals surface area contributed by atoms with Crippen molar-refractivity contribution in [1.29, 1.82) is 0 Å². The second-order valence-corrected chi connectivity index (χ2v) is 3.61. The van der Waals surface area contributed by atoms with Gasteiger partial charge in [0.05, 0.1) is 0 Å². The molecule has 1 aliphatic heterocycles. The highest BCUT2D eigenvalue weighted by Gasteiger charge is 2.34. The smallest absolute Gasteiger partial charge is 0.268 e. The molecule has 0 bridgehead atoms. The van der Waals surface area contributed by atoms with Crippen LogP contribution in [0, 0.1) is 0 Å². The van der Waals surface area contributed by atoms with Gasteiger partial charge in [0.15, 0.2) is 0 Å². The lowest BCUT2D eigenvalue weighted by Gasteiger charge is -2.12. The van der Waals surface area contributed by atoms with E-state index in [2.05, 4.69) is 10.8 Å². The topological polar surface area (TPSA) is 67.4 Å². The molecule has 0 aromatic heterocycles. The molecular weight excluding hydrogens is 208 g/mol. The van der Waals surface area contributed by atoms with E-state index >= 15 is 0 Å². The largest absolute Gasteiger partial charge is 0.338 e. The third-order valence-electron chi connectivity index (χ3n) is 2.42. The maximum absolute atomic E-state index is 11.7. The van der Waals surface area contributed by atoms with Crippen molar-refractivity contribution in [3.05, 3.63) is 35.9 Å². The number of nitrogens with one attached hydrogen (secondary N) is 2. The molecular formula is C11H12N2O3. The average molecular weight is 220 g/mol. The molecule has 1 saturated heterocycles. The van der Waals surface area contributed by atoms with Gasteiger partial charge in [0.1, 0.15) is 12.1 Å². The van der Waals surface area contributed by atoms with Crippen molar-refractivity contribution in [3.8, 4) is 0 Å². The van der Waals surface area contributed by atoms with E-state index in [1.54, 1.807) is 31.2 Å². The highest BCUT2D eigenvalue weighted by atomic mass is 16.7. The van der Waals surface area contributed by atoms with Gasteiger partial charge in [-0.2, -0.15) is 0 Å². The zero-order chi connectivity index (χ0) is 11.5. The summed E-state index contributed by atoms with van der Waals surface area (Å²) in [6, 6.07) is 8.10. The summed E-state index contributed by atoms with van der Waals surface area (Å²) in [7, 11) is 0. The Morgan fingerprint density at radius 2 is 2.06 bits per heavy atom. The first-order valence-corrected chi connectivity index (χ1v) is 5.00. The Morgan fingerprint density at radius 3 is 2.62 bits per heavy atom. The Labute approximate surface area is 92.7 Å². The highest BCUT2D eigenvalue weighted by molar-refractivity contribution is 5.97. The normalized spacial score (nSPS) is 23.9. The molecule has 5 nitrogen and oxygen atoms in total. The summed E-state index contributed by atoms with van der Waals surface area (Å²) < 4.78 is 0. The SMILES string of the molecule is CC1ONC(=O)C1NC(=O)c1ccccc1. The van der Waals surface area contributed by atoms with Gasteiger partial charge in [-0.15, -0.1) is 0 Å². The van der Waals surface area contributed by atoms with Gasteiger partial charge in [-0.1, -0.05) is 18.2 Å². The summed E-state index contributed by atoms with van der Waals surface area (Å²) in [6.07, 6.45) is -0.361. The van der Waals surface area contributed by atoms with Crippen LogP contribution < -0.4 is 10.8 Å². The van der Waals surface area contributed by atoms with Gasteiger partial charge in [0.25, 0.3) is 11.8 Å². The second-order valence-electron chi connectivity index (χ2n) is 3.61. The van der Waals surface area contributed by atoms with E-state index in [1.807, 2.05) is 6.07 Å². The van der Waals surface area contributed by atoms with Crippen LogP contribution in [0.1, 0.15) is 17.3 Å². The number of carbonyl (C=O) groups is 2. The van der Waals surface area contributed by atoms with Crippen molar-refractivity contribution in [3.63, 3.8) is 0 Å². The Hall–Kier alpha value is -1.88. The summed E-state index contributed by atoms with van der Waals surface area (Å²) in [4.78, 5) is 27.9. The molecule has 1 aliphatic rings. The van der Waals surface area contributed by atoms with Crippen molar-refractivity contribution in [2.24, 2.45) is 0 Å². The average Bonchev–Trinajstić information content (AvgIpc) is 2.62. The van der Waals surface area contributed by atoms with Crippen LogP contribution in [0.15, 0.2) is 30.3 Å². The zero-order valence-corrected chi connectivity index (χ0v) is 8.77. The number of rotatable bonds is 2. The van der Waals surface area contributed by atoms with Crippen LogP contribution in [0.25, 0.3) is 0 Å². The van der Waals surface area contributed by atoms with Crippen molar-refractivity contribution in [1.82, 2.24) is 10.8 Å². The van der Waals surface area contributed by atoms with Crippen LogP contribution in [0.3, 0.4) is 0 Å². The number of amides is 2. The first-order valence-electron chi connectivity index (χ1n) is 5.00. The van der Waals surface area contributed by atoms with Crippen LogP contribution in [-0.4, -0.2) is 24.0 Å². The molecule has 84 valence electrons. The number of hydrogen-bond donors (Lipinski definition) is 2. The maximum atomic E-state index is 11.7. The lowest BCUT2D eigenvalue weighted by Crippen LogP contribution is -2.44. The summed E-state index contributed by atoms with van der Waals surface area (Å²) in [6.45, 7) is 1.72. The number of benzene rings is 1. The Bertz CT molecular complexity index is 405. The van der Waals surface area contributed by atoms with Gasteiger partial charge in [0, 0.05) is 5.56 Å². The molecule has 0 aliphatic carbocycles. The molecule has 2 atom stereocenters. The van der Waals surface area contributed by atoms with Gasteiger partial charge < -0.3 is 5.32 Å². The van der Waals surface area contributed by atoms with Gasteiger partial charge >= 0.3 is 0 Å². The summed E-state index contributed by atoms with van der Waals surface area (Å²) >= 11 is 0. The van der Waals surface area contributed by atoms with E-state index < -0.39 is 6.04 Å². The van der Waals surface area contributed by atoms with Crippen LogP contribution in [0.2, 0.25) is 0 Å². The van der Waals surface area contributed by atoms with E-state index in [0.717, 1.165) is 0 Å². The van der Waals surface area contributed by atoms with Crippen molar-refractivity contribution in [2.45, 2.75) is 19.1 Å². The van der Waals surface area contributed by atoms with Crippen molar-refractivity contribution >= 4 is 11.8 Å². The molecule has 2 rings (SSSR count). The fourth-order valence-corrected chi connectivity index (χ4v) is 1.49. The first kappa shape index (κ1) is 10.6. The molecule has 0 spiro atoms. The number of hydrogen-bond acceptors (Lipinski definition) is 3. The van der Waals surface area contributed by atoms with Gasteiger partial charge in [-0.25, -0.2) is 5.48 Å². The lowest BCUT2D eigenvalue weighted by molar-refractivity contribution is -0.125. The van der Waals surface area contributed by atoms with Crippen LogP contribution in [0.4, 0.5) is 0 Å². The molecule has 0 saturated carbocycles. The quantitative estimate of drug-likeness (QED) is 0.750. The molecule has 5 heteroatoms. The molecule has 16 heavy (non-hydrogen) atoms. The summed E-state index contributed by atoms with van der Waals surface area (Å²) in [5.41, 5.74) is 2.75. The van der Waals surface area contributed by atoms with Gasteiger partial charge in [-0.3, -0.25) is 14.4 Å². The standard InChI is InChI=1S/C11H12N2O3/c1-7-9(11(15)13-16-7)12-10(14)8-5-3-2-4-6-8/h2-7,9H,1H3,(H,12,14)(H,13,15). The van der Waals surface area contributed by atoms with Crippen LogP contribution >= 0.6 is 0 Å². The van der Waals surface area contributed by atoms with E-state index in [1.165, 1.54) is 0 Å². The van der Waals surface area contributed by atoms with E-state index in [0.29, 0.717) is 5.56 Å². The Morgan fingerprint density at radius 1 is 1.38 bits per heavy atom. The molecule has 1 heterocycles. The predicted octanol–water partition coefficient (Wildman–Crippen LogP) is 0.235. The molecule has 1 fully saturated rings. The van der Waals surface area contributed by atoms with Crippen LogP contribution in [-0.2, 0) is 9.63 Å². The number of carbonyl (C=O) groups excluding carboxylic acids is 2. The van der Waals surface area contributed by atoms with E-state index in [-0.39, 0.29) is 17.9 Å². The third kappa shape index (κ3) is 2.04. The fraction of sp³-hybridized carbons (Fsp3) is 0.273.